The average Bonchev–Trinajstić information content (AvgIpc) is 3.52. The number of carbonyl (C=O) groups excluding carboxylic acids is 2. The molecule has 3 aromatic carbocycles. The first-order valence-electron chi connectivity index (χ1n) is 14.3. The van der Waals surface area contributed by atoms with Crippen molar-refractivity contribution in [2.45, 2.75) is 43.9 Å². The van der Waals surface area contributed by atoms with Crippen molar-refractivity contribution in [2.75, 3.05) is 19.6 Å². The largest absolute Gasteiger partial charge is 0.489 e. The van der Waals surface area contributed by atoms with Crippen molar-refractivity contribution in [1.82, 2.24) is 20.0 Å². The van der Waals surface area contributed by atoms with Gasteiger partial charge in [0.05, 0.1) is 28.9 Å². The van der Waals surface area contributed by atoms with Gasteiger partial charge in [0.2, 0.25) is 5.78 Å². The van der Waals surface area contributed by atoms with E-state index in [1.807, 2.05) is 25.2 Å². The minimum atomic E-state index is -1.08. The van der Waals surface area contributed by atoms with Crippen LogP contribution in [-0.2, 0) is 11.8 Å². The van der Waals surface area contributed by atoms with Gasteiger partial charge in [-0.25, -0.2) is 0 Å². The summed E-state index contributed by atoms with van der Waals surface area (Å²) in [7, 11) is 1.85. The van der Waals surface area contributed by atoms with Gasteiger partial charge < -0.3 is 24.8 Å². The SMILES string of the molecule is Cn1ncc2ccc(Oc3cccc(C(=O)C(=O)N[C@H](CN4CCCC4)[C@H](O)c4ccc(OC5CC5)c(Cl)c4)c3)cc21. The van der Waals surface area contributed by atoms with Gasteiger partial charge >= 0.3 is 0 Å². The molecule has 6 rings (SSSR count). The molecule has 1 aliphatic heterocycles. The third-order valence-corrected chi connectivity index (χ3v) is 8.02. The number of aliphatic hydroxyl groups is 1. The molecular formula is C32H33ClN4O5. The number of amides is 1. The number of hydrogen-bond acceptors (Lipinski definition) is 7. The van der Waals surface area contributed by atoms with Crippen molar-refractivity contribution in [3.8, 4) is 17.2 Å². The maximum Gasteiger partial charge on any atom is 0.292 e. The number of ether oxygens (including phenoxy) is 2. The Hall–Kier alpha value is -3.92. The van der Waals surface area contributed by atoms with Gasteiger partial charge in [-0.3, -0.25) is 14.3 Å². The van der Waals surface area contributed by atoms with E-state index in [9.17, 15) is 14.7 Å². The number of fused-ring (bicyclic) bond motifs is 1. The molecule has 0 bridgehead atoms. The Morgan fingerprint density at radius 3 is 2.62 bits per heavy atom. The second kappa shape index (κ2) is 12.1. The molecule has 0 unspecified atom stereocenters. The molecule has 2 N–H and O–H groups in total. The van der Waals surface area contributed by atoms with Gasteiger partial charge in [0.15, 0.2) is 0 Å². The van der Waals surface area contributed by atoms with Crippen molar-refractivity contribution < 1.29 is 24.2 Å². The monoisotopic (exact) mass is 588 g/mol. The molecule has 1 aromatic heterocycles. The summed E-state index contributed by atoms with van der Waals surface area (Å²) in [6.45, 7) is 2.13. The number of benzene rings is 3. The quantitative estimate of drug-likeness (QED) is 0.186. The predicted octanol–water partition coefficient (Wildman–Crippen LogP) is 5.06. The molecule has 2 fully saturated rings. The molecule has 9 nitrogen and oxygen atoms in total. The van der Waals surface area contributed by atoms with Crippen LogP contribution in [0, 0.1) is 0 Å². The summed E-state index contributed by atoms with van der Waals surface area (Å²) in [5.74, 6) is 0.0692. The van der Waals surface area contributed by atoms with Crippen LogP contribution in [0.5, 0.6) is 17.2 Å². The normalized spacial score (nSPS) is 16.7. The number of halogens is 1. The van der Waals surface area contributed by atoms with Crippen LogP contribution in [0.4, 0.5) is 0 Å². The molecule has 2 atom stereocenters. The zero-order valence-corrected chi connectivity index (χ0v) is 24.1. The summed E-state index contributed by atoms with van der Waals surface area (Å²) in [6.07, 6.45) is 5.01. The number of ketones is 1. The van der Waals surface area contributed by atoms with E-state index in [0.29, 0.717) is 34.4 Å². The van der Waals surface area contributed by atoms with E-state index >= 15 is 0 Å². The molecular weight excluding hydrogens is 556 g/mol. The number of nitrogens with one attached hydrogen (secondary N) is 1. The van der Waals surface area contributed by atoms with Crippen molar-refractivity contribution in [1.29, 1.82) is 0 Å². The standard InChI is InChI=1S/C32H33ClN4O5/c1-36-28-17-25(9-7-22(28)18-34-36)41-24-6-4-5-20(15-24)31(39)32(40)35-27(19-37-13-2-3-14-37)30(38)21-8-12-29(26(33)16-21)42-23-10-11-23/h4-9,12,15-18,23,27,30,38H,2-3,10-11,13-14,19H2,1H3,(H,35,40)/t27-,30-/m1/s1. The van der Waals surface area contributed by atoms with Crippen LogP contribution in [0.1, 0.15) is 47.7 Å². The number of rotatable bonds is 11. The fourth-order valence-corrected chi connectivity index (χ4v) is 5.49. The number of aliphatic hydroxyl groups excluding tert-OH is 1. The summed E-state index contributed by atoms with van der Waals surface area (Å²) in [5, 5.41) is 19.8. The molecule has 1 saturated carbocycles. The number of aryl methyl sites for hydroxylation is 1. The van der Waals surface area contributed by atoms with E-state index in [2.05, 4.69) is 15.3 Å². The molecule has 2 heterocycles. The number of Topliss-reactive ketones (excluding diaryl/α,β-unsaturated/α-hetero) is 1. The van der Waals surface area contributed by atoms with Crippen LogP contribution in [0.25, 0.3) is 10.9 Å². The highest BCUT2D eigenvalue weighted by molar-refractivity contribution is 6.43. The van der Waals surface area contributed by atoms with Crippen LogP contribution in [0.2, 0.25) is 5.02 Å². The third-order valence-electron chi connectivity index (χ3n) is 7.73. The molecule has 42 heavy (non-hydrogen) atoms. The fraction of sp³-hybridized carbons (Fsp3) is 0.344. The zero-order valence-electron chi connectivity index (χ0n) is 23.3. The van der Waals surface area contributed by atoms with E-state index in [4.69, 9.17) is 21.1 Å². The highest BCUT2D eigenvalue weighted by Crippen LogP contribution is 2.34. The molecule has 218 valence electrons. The number of hydrogen-bond donors (Lipinski definition) is 2. The molecule has 0 radical (unpaired) electrons. The number of likely N-dealkylation sites (tertiary alicyclic amines) is 1. The number of aromatic nitrogens is 2. The topological polar surface area (TPSA) is 106 Å². The maximum absolute atomic E-state index is 13.3. The molecule has 1 amide bonds. The summed E-state index contributed by atoms with van der Waals surface area (Å²) in [4.78, 5) is 28.7. The van der Waals surface area contributed by atoms with Gasteiger partial charge in [0, 0.05) is 30.6 Å². The average molecular weight is 589 g/mol. The molecule has 10 heteroatoms. The summed E-state index contributed by atoms with van der Waals surface area (Å²) < 4.78 is 13.6. The molecule has 2 aliphatic rings. The van der Waals surface area contributed by atoms with Gasteiger partial charge in [0.1, 0.15) is 23.4 Å². The minimum Gasteiger partial charge on any atom is -0.489 e. The first kappa shape index (κ1) is 28.2. The Morgan fingerprint density at radius 2 is 1.86 bits per heavy atom. The van der Waals surface area contributed by atoms with E-state index in [0.717, 1.165) is 49.7 Å². The van der Waals surface area contributed by atoms with Gasteiger partial charge in [-0.1, -0.05) is 29.8 Å². The summed E-state index contributed by atoms with van der Waals surface area (Å²) in [6, 6.07) is 16.5. The smallest absolute Gasteiger partial charge is 0.292 e. The Bertz CT molecular complexity index is 1610. The fourth-order valence-electron chi connectivity index (χ4n) is 5.25. The molecule has 1 saturated heterocycles. The van der Waals surface area contributed by atoms with Crippen LogP contribution in [0.3, 0.4) is 0 Å². The van der Waals surface area contributed by atoms with Crippen LogP contribution >= 0.6 is 11.6 Å². The van der Waals surface area contributed by atoms with Crippen molar-refractivity contribution in [3.05, 3.63) is 83.0 Å². The first-order chi connectivity index (χ1) is 20.3. The summed E-state index contributed by atoms with van der Waals surface area (Å²) in [5.41, 5.74) is 1.64. The number of carbonyl (C=O) groups is 2. The molecule has 1 aliphatic carbocycles. The van der Waals surface area contributed by atoms with Crippen LogP contribution in [-0.4, -0.2) is 63.3 Å². The van der Waals surface area contributed by atoms with Gasteiger partial charge in [-0.15, -0.1) is 0 Å². The van der Waals surface area contributed by atoms with Gasteiger partial charge in [-0.05, 0) is 80.7 Å². The van der Waals surface area contributed by atoms with Crippen molar-refractivity contribution in [3.63, 3.8) is 0 Å². The van der Waals surface area contributed by atoms with Crippen molar-refractivity contribution >= 4 is 34.2 Å². The van der Waals surface area contributed by atoms with E-state index < -0.39 is 23.8 Å². The maximum atomic E-state index is 13.3. The van der Waals surface area contributed by atoms with E-state index in [-0.39, 0.29) is 11.7 Å². The van der Waals surface area contributed by atoms with E-state index in [1.54, 1.807) is 53.3 Å². The highest BCUT2D eigenvalue weighted by atomic mass is 35.5. The lowest BCUT2D eigenvalue weighted by Crippen LogP contribution is -2.48. The van der Waals surface area contributed by atoms with E-state index in [1.165, 1.54) is 0 Å². The number of nitrogens with zero attached hydrogens (tertiary/aromatic N) is 3. The lowest BCUT2D eigenvalue weighted by atomic mass is 10.0. The minimum absolute atomic E-state index is 0.186. The second-order valence-electron chi connectivity index (χ2n) is 11.0. The summed E-state index contributed by atoms with van der Waals surface area (Å²) >= 11 is 6.46. The Balaban J connectivity index is 1.17. The first-order valence-corrected chi connectivity index (χ1v) is 14.6. The Morgan fingerprint density at radius 1 is 1.07 bits per heavy atom. The Labute approximate surface area is 249 Å². The van der Waals surface area contributed by atoms with Crippen LogP contribution in [0.15, 0.2) is 66.9 Å². The van der Waals surface area contributed by atoms with Crippen molar-refractivity contribution in [2.24, 2.45) is 7.05 Å². The molecule has 0 spiro atoms. The van der Waals surface area contributed by atoms with Gasteiger partial charge in [0.25, 0.3) is 5.91 Å². The zero-order chi connectivity index (χ0) is 29.2. The lowest BCUT2D eigenvalue weighted by Gasteiger charge is -2.28. The van der Waals surface area contributed by atoms with Crippen LogP contribution < -0.4 is 14.8 Å². The molecule has 4 aromatic rings. The Kier molecular flexibility index (Phi) is 8.15. The van der Waals surface area contributed by atoms with Gasteiger partial charge in [-0.2, -0.15) is 5.10 Å². The third kappa shape index (κ3) is 6.43. The second-order valence-corrected chi connectivity index (χ2v) is 11.4. The predicted molar refractivity (Wildman–Crippen MR) is 159 cm³/mol. The highest BCUT2D eigenvalue weighted by Gasteiger charge is 2.30. The lowest BCUT2D eigenvalue weighted by molar-refractivity contribution is -0.118.